The van der Waals surface area contributed by atoms with Crippen molar-refractivity contribution in [3.05, 3.63) is 47.5 Å². The van der Waals surface area contributed by atoms with Gasteiger partial charge >= 0.3 is 0 Å². The molecule has 0 aliphatic heterocycles. The molecule has 5 heteroatoms. The molecule has 0 fully saturated rings. The van der Waals surface area contributed by atoms with E-state index < -0.39 is 0 Å². The highest BCUT2D eigenvalue weighted by Gasteiger charge is 2.07. The van der Waals surface area contributed by atoms with Crippen molar-refractivity contribution < 1.29 is 0 Å². The smallest absolute Gasteiger partial charge is 0.162 e. The molecule has 1 aromatic heterocycles. The quantitative estimate of drug-likeness (QED) is 0.666. The molecule has 0 amide bonds. The summed E-state index contributed by atoms with van der Waals surface area (Å²) in [5.41, 5.74) is 13.9. The summed E-state index contributed by atoms with van der Waals surface area (Å²) in [5.74, 6) is 0.963. The monoisotopic (exact) mass is 270 g/mol. The van der Waals surface area contributed by atoms with Crippen LogP contribution in [0.25, 0.3) is 22.3 Å². The first-order valence-electron chi connectivity index (χ1n) is 5.72. The van der Waals surface area contributed by atoms with Crippen LogP contribution < -0.4 is 11.5 Å². The second-order valence-electron chi connectivity index (χ2n) is 4.22. The Labute approximate surface area is 115 Å². The summed E-state index contributed by atoms with van der Waals surface area (Å²) in [6, 6.07) is 12.7. The van der Waals surface area contributed by atoms with Gasteiger partial charge in [-0.05, 0) is 30.3 Å². The molecule has 0 spiro atoms. The summed E-state index contributed by atoms with van der Waals surface area (Å²) in [7, 11) is 0. The molecular weight excluding hydrogens is 260 g/mol. The largest absolute Gasteiger partial charge is 0.399 e. The molecule has 4 N–H and O–H groups in total. The van der Waals surface area contributed by atoms with E-state index >= 15 is 0 Å². The van der Waals surface area contributed by atoms with Gasteiger partial charge in [0.15, 0.2) is 5.82 Å². The first-order valence-corrected chi connectivity index (χ1v) is 6.10. The Kier molecular flexibility index (Phi) is 2.72. The molecule has 94 valence electrons. The Morgan fingerprint density at radius 3 is 2.58 bits per heavy atom. The van der Waals surface area contributed by atoms with E-state index in [1.165, 1.54) is 0 Å². The first kappa shape index (κ1) is 11.7. The SMILES string of the molecule is Nc1ccc2nc(-c3cccc(Cl)c3)nc(N)c2c1. The van der Waals surface area contributed by atoms with Gasteiger partial charge in [0.1, 0.15) is 5.82 Å². The van der Waals surface area contributed by atoms with Crippen molar-refractivity contribution in [3.63, 3.8) is 0 Å². The first-order chi connectivity index (χ1) is 9.13. The molecule has 0 saturated carbocycles. The van der Waals surface area contributed by atoms with E-state index in [0.717, 1.165) is 16.5 Å². The summed E-state index contributed by atoms with van der Waals surface area (Å²) < 4.78 is 0. The topological polar surface area (TPSA) is 77.8 Å². The van der Waals surface area contributed by atoms with E-state index in [-0.39, 0.29) is 0 Å². The van der Waals surface area contributed by atoms with Crippen LogP contribution in [0.3, 0.4) is 0 Å². The highest BCUT2D eigenvalue weighted by molar-refractivity contribution is 6.30. The second kappa shape index (κ2) is 4.40. The van der Waals surface area contributed by atoms with Crippen LogP contribution in [0, 0.1) is 0 Å². The van der Waals surface area contributed by atoms with Crippen LogP contribution in [-0.4, -0.2) is 9.97 Å². The molecule has 0 bridgehead atoms. The minimum absolute atomic E-state index is 0.410. The average molecular weight is 271 g/mol. The zero-order valence-electron chi connectivity index (χ0n) is 9.97. The number of nitrogens with two attached hydrogens (primary N) is 2. The maximum atomic E-state index is 5.97. The zero-order chi connectivity index (χ0) is 13.4. The number of nitrogens with zero attached hydrogens (tertiary/aromatic N) is 2. The maximum Gasteiger partial charge on any atom is 0.162 e. The third kappa shape index (κ3) is 2.18. The van der Waals surface area contributed by atoms with Gasteiger partial charge in [-0.1, -0.05) is 23.7 Å². The fourth-order valence-corrected chi connectivity index (χ4v) is 2.12. The molecule has 1 heterocycles. The van der Waals surface area contributed by atoms with Gasteiger partial charge in [0, 0.05) is 21.7 Å². The van der Waals surface area contributed by atoms with Crippen LogP contribution in [0.4, 0.5) is 11.5 Å². The third-order valence-corrected chi connectivity index (χ3v) is 3.07. The molecule has 0 unspecified atom stereocenters. The number of aromatic nitrogens is 2. The normalized spacial score (nSPS) is 10.8. The molecule has 3 aromatic rings. The Morgan fingerprint density at radius 2 is 1.79 bits per heavy atom. The standard InChI is InChI=1S/C14H11ClN4/c15-9-3-1-2-8(6-9)14-18-12-5-4-10(16)7-11(12)13(17)19-14/h1-7H,16H2,(H2,17,18,19). The molecule has 2 aromatic carbocycles. The minimum atomic E-state index is 0.410. The summed E-state index contributed by atoms with van der Waals surface area (Å²) in [4.78, 5) is 8.79. The van der Waals surface area contributed by atoms with Gasteiger partial charge in [0.05, 0.1) is 5.52 Å². The number of hydrogen-bond donors (Lipinski definition) is 2. The lowest BCUT2D eigenvalue weighted by Gasteiger charge is -2.06. The molecule has 0 saturated heterocycles. The van der Waals surface area contributed by atoms with Crippen molar-refractivity contribution in [3.8, 4) is 11.4 Å². The Balaban J connectivity index is 2.24. The fraction of sp³-hybridized carbons (Fsp3) is 0. The van der Waals surface area contributed by atoms with Crippen molar-refractivity contribution in [2.24, 2.45) is 0 Å². The molecule has 19 heavy (non-hydrogen) atoms. The van der Waals surface area contributed by atoms with Crippen LogP contribution in [-0.2, 0) is 0 Å². The fourth-order valence-electron chi connectivity index (χ4n) is 1.93. The number of fused-ring (bicyclic) bond motifs is 1. The zero-order valence-corrected chi connectivity index (χ0v) is 10.7. The summed E-state index contributed by atoms with van der Waals surface area (Å²) in [5, 5.41) is 1.39. The van der Waals surface area contributed by atoms with E-state index in [0.29, 0.717) is 22.4 Å². The lowest BCUT2D eigenvalue weighted by molar-refractivity contribution is 1.23. The van der Waals surface area contributed by atoms with Gasteiger partial charge in [-0.25, -0.2) is 9.97 Å². The molecule has 0 atom stereocenters. The van der Waals surface area contributed by atoms with E-state index in [1.54, 1.807) is 24.3 Å². The molecule has 0 aliphatic rings. The number of nitrogen functional groups attached to an aromatic ring is 2. The van der Waals surface area contributed by atoms with Gasteiger partial charge < -0.3 is 11.5 Å². The maximum absolute atomic E-state index is 5.97. The highest BCUT2D eigenvalue weighted by atomic mass is 35.5. The molecular formula is C14H11ClN4. The second-order valence-corrected chi connectivity index (χ2v) is 4.66. The van der Waals surface area contributed by atoms with Crippen LogP contribution in [0.15, 0.2) is 42.5 Å². The van der Waals surface area contributed by atoms with Crippen LogP contribution in [0.5, 0.6) is 0 Å². The number of anilines is 2. The van der Waals surface area contributed by atoms with Crippen molar-refractivity contribution in [2.75, 3.05) is 11.5 Å². The van der Waals surface area contributed by atoms with Gasteiger partial charge in [-0.3, -0.25) is 0 Å². The van der Waals surface area contributed by atoms with E-state index in [9.17, 15) is 0 Å². The predicted octanol–water partition coefficient (Wildman–Crippen LogP) is 3.11. The Morgan fingerprint density at radius 1 is 0.947 bits per heavy atom. The average Bonchev–Trinajstić information content (AvgIpc) is 2.39. The van der Waals surface area contributed by atoms with Gasteiger partial charge in [0.2, 0.25) is 0 Å². The van der Waals surface area contributed by atoms with Gasteiger partial charge in [-0.2, -0.15) is 0 Å². The van der Waals surface area contributed by atoms with E-state index in [2.05, 4.69) is 9.97 Å². The number of benzene rings is 2. The lowest BCUT2D eigenvalue weighted by Crippen LogP contribution is -1.98. The van der Waals surface area contributed by atoms with Crippen molar-refractivity contribution in [2.45, 2.75) is 0 Å². The van der Waals surface area contributed by atoms with E-state index in [1.807, 2.05) is 18.2 Å². The van der Waals surface area contributed by atoms with Gasteiger partial charge in [0.25, 0.3) is 0 Å². The molecule has 0 aliphatic carbocycles. The summed E-state index contributed by atoms with van der Waals surface area (Å²) in [6.45, 7) is 0. The number of hydrogen-bond acceptors (Lipinski definition) is 4. The van der Waals surface area contributed by atoms with Crippen LogP contribution in [0.2, 0.25) is 5.02 Å². The number of rotatable bonds is 1. The minimum Gasteiger partial charge on any atom is -0.399 e. The van der Waals surface area contributed by atoms with Crippen molar-refractivity contribution in [1.82, 2.24) is 9.97 Å². The lowest BCUT2D eigenvalue weighted by atomic mass is 10.1. The highest BCUT2D eigenvalue weighted by Crippen LogP contribution is 2.25. The van der Waals surface area contributed by atoms with Crippen molar-refractivity contribution in [1.29, 1.82) is 0 Å². The van der Waals surface area contributed by atoms with Crippen LogP contribution in [0.1, 0.15) is 0 Å². The summed E-state index contributed by atoms with van der Waals surface area (Å²) >= 11 is 5.97. The van der Waals surface area contributed by atoms with Crippen LogP contribution >= 0.6 is 11.6 Å². The van der Waals surface area contributed by atoms with Crippen molar-refractivity contribution >= 4 is 34.0 Å². The third-order valence-electron chi connectivity index (χ3n) is 2.83. The van der Waals surface area contributed by atoms with E-state index in [4.69, 9.17) is 23.1 Å². The Bertz CT molecular complexity index is 770. The Hall–Kier alpha value is -2.33. The number of halogens is 1. The molecule has 0 radical (unpaired) electrons. The predicted molar refractivity (Wildman–Crippen MR) is 78.8 cm³/mol. The van der Waals surface area contributed by atoms with Gasteiger partial charge in [-0.15, -0.1) is 0 Å². The molecule has 4 nitrogen and oxygen atoms in total. The summed E-state index contributed by atoms with van der Waals surface area (Å²) in [6.07, 6.45) is 0. The molecule has 3 rings (SSSR count).